The van der Waals surface area contributed by atoms with Crippen LogP contribution in [0.3, 0.4) is 0 Å². The Labute approximate surface area is 63.8 Å². The Morgan fingerprint density at radius 2 is 1.00 bits per heavy atom. The molecule has 4 nitrogen and oxygen atoms in total. The van der Waals surface area contributed by atoms with E-state index in [0.29, 0.717) is 0 Å². The van der Waals surface area contributed by atoms with Gasteiger partial charge in [0.1, 0.15) is 0 Å². The second-order valence-electron chi connectivity index (χ2n) is 0.144. The molecule has 0 rings (SSSR count). The second kappa shape index (κ2) is 9.62. The average molecular weight is 258 g/mol. The molecule has 40 valence electrons. The summed E-state index contributed by atoms with van der Waals surface area (Å²) in [6.07, 6.45) is 0. The van der Waals surface area contributed by atoms with E-state index in [-0.39, 0.29) is 28.5 Å². The molecule has 0 saturated carbocycles. The second-order valence-corrected chi connectivity index (χ2v) is 1.07. The van der Waals surface area contributed by atoms with E-state index < -0.39 is 31.8 Å². The van der Waals surface area contributed by atoms with Gasteiger partial charge in [0.15, 0.2) is 0 Å². The van der Waals surface area contributed by atoms with Crippen LogP contribution in [-0.4, -0.2) is 28.5 Å². The van der Waals surface area contributed by atoms with Crippen LogP contribution in [0.1, 0.15) is 0 Å². The molecule has 0 spiro atoms. The summed E-state index contributed by atoms with van der Waals surface area (Å²) in [6.45, 7) is 0. The van der Waals surface area contributed by atoms with E-state index in [1.807, 2.05) is 0 Å². The maximum atomic E-state index is 8.56. The Hall–Kier alpha value is 1.37. The fraction of sp³-hybridized carbons (Fsp3) is 0. The van der Waals surface area contributed by atoms with Gasteiger partial charge in [0, 0.05) is 0 Å². The van der Waals surface area contributed by atoms with Crippen molar-refractivity contribution in [3.8, 4) is 0 Å². The predicted molar refractivity (Wildman–Crippen MR) is 11.1 cm³/mol. The first-order valence-electron chi connectivity index (χ1n) is 0.354. The van der Waals surface area contributed by atoms with E-state index in [0.717, 1.165) is 0 Å². The minimum absolute atomic E-state index is 0. The van der Waals surface area contributed by atoms with Gasteiger partial charge in [-0.05, 0) is 0 Å². The first-order chi connectivity index (χ1) is 1.73. The van der Waals surface area contributed by atoms with Gasteiger partial charge in [0.25, 0.3) is 0 Å². The molecule has 0 radical (unpaired) electrons. The molecule has 6 heavy (non-hydrogen) atoms. The van der Waals surface area contributed by atoms with Crippen LogP contribution >= 0.6 is 0 Å². The summed E-state index contributed by atoms with van der Waals surface area (Å²) in [4.78, 5) is 0. The zero-order chi connectivity index (χ0) is 3.58. The predicted octanol–water partition coefficient (Wildman–Crippen LogP) is -1.18. The van der Waals surface area contributed by atoms with Crippen LogP contribution in [0.2, 0.25) is 0 Å². The summed E-state index contributed by atoms with van der Waals surface area (Å²) < 4.78 is 25.7. The van der Waals surface area contributed by atoms with Crippen LogP contribution in [0.25, 0.3) is 0 Å². The summed E-state index contributed by atoms with van der Waals surface area (Å²) in [5.74, 6) is 0. The van der Waals surface area contributed by atoms with Gasteiger partial charge >= 0.3 is 59.3 Å². The molecule has 6 heteroatoms. The van der Waals surface area contributed by atoms with Gasteiger partial charge in [-0.25, -0.2) is 0 Å². The Morgan fingerprint density at radius 1 is 1.00 bits per heavy atom. The zero-order valence-corrected chi connectivity index (χ0v) is 6.81. The monoisotopic (exact) mass is 256 g/mol. The minimum atomic E-state index is -3.89. The topological polar surface area (TPSA) is 81.2 Å². The molecule has 0 fully saturated rings. The molecule has 0 aromatic rings. The Balaban J connectivity index is -0.0000000450. The van der Waals surface area contributed by atoms with Crippen LogP contribution in [0.15, 0.2) is 0 Å². The Kier molecular flexibility index (Phi) is 25.1. The van der Waals surface area contributed by atoms with E-state index in [1.54, 1.807) is 0 Å². The molecule has 0 aliphatic heterocycles. The van der Waals surface area contributed by atoms with E-state index >= 15 is 0 Å². The van der Waals surface area contributed by atoms with Gasteiger partial charge in [-0.3, -0.25) is 0 Å². The van der Waals surface area contributed by atoms with Gasteiger partial charge in [0.05, 0.1) is 0 Å². The van der Waals surface area contributed by atoms with Gasteiger partial charge in [-0.1, -0.05) is 0 Å². The van der Waals surface area contributed by atoms with Crippen molar-refractivity contribution in [2.75, 3.05) is 0 Å². The average Bonchev–Trinajstić information content (AvgIpc) is 0.811. The van der Waals surface area contributed by atoms with Crippen molar-refractivity contribution in [3.05, 3.63) is 0 Å². The fourth-order valence-electron chi connectivity index (χ4n) is 0. The van der Waals surface area contributed by atoms with Gasteiger partial charge in [-0.2, -0.15) is 0 Å². The van der Waals surface area contributed by atoms with Crippen molar-refractivity contribution in [1.82, 2.24) is 0 Å². The number of rotatable bonds is 0. The first-order valence-corrected chi connectivity index (χ1v) is 2.62. The van der Waals surface area contributed by atoms with Gasteiger partial charge in [-0.15, -0.1) is 0 Å². The van der Waals surface area contributed by atoms with E-state index in [2.05, 4.69) is 0 Å². The molecular formula is H2ErMgO4. The van der Waals surface area contributed by atoms with Crippen LogP contribution in [-0.2, 0) is 4.46 Å². The summed E-state index contributed by atoms with van der Waals surface area (Å²) in [6, 6.07) is 0. The van der Waals surface area contributed by atoms with E-state index in [1.165, 1.54) is 0 Å². The molecule has 0 amide bonds. The molecule has 0 bridgehead atoms. The Morgan fingerprint density at radius 3 is 1.00 bits per heavy atom. The molecule has 0 aliphatic carbocycles. The van der Waals surface area contributed by atoms with Crippen molar-refractivity contribution in [2.24, 2.45) is 0 Å². The van der Waals surface area contributed by atoms with Crippen molar-refractivity contribution in [1.29, 1.82) is 0 Å². The molecule has 0 aromatic carbocycles. The number of hydrogen-bond donors (Lipinski definition) is 0. The van der Waals surface area contributed by atoms with Crippen molar-refractivity contribution >= 4 is 23.1 Å². The van der Waals surface area contributed by atoms with Crippen LogP contribution in [0, 0.1) is 31.8 Å². The third-order valence-corrected chi connectivity index (χ3v) is 0. The van der Waals surface area contributed by atoms with Crippen molar-refractivity contribution in [3.63, 3.8) is 0 Å². The molecule has 0 aliphatic rings. The van der Waals surface area contributed by atoms with Gasteiger partial charge in [0.2, 0.25) is 0 Å². The van der Waals surface area contributed by atoms with Crippen molar-refractivity contribution in [2.45, 2.75) is 0 Å². The van der Waals surface area contributed by atoms with E-state index in [9.17, 15) is 0 Å². The Bertz CT molecular complexity index is 76.9. The normalized spacial score (nSPS) is 7.00. The van der Waals surface area contributed by atoms with Crippen LogP contribution < -0.4 is 0 Å². The summed E-state index contributed by atoms with van der Waals surface area (Å²) in [7, 11) is 0. The number of hydrogen-bond acceptors (Lipinski definition) is 4. The molecule has 0 atom stereocenters. The van der Waals surface area contributed by atoms with Crippen LogP contribution in [0.4, 0.5) is 0 Å². The molecule has 0 heterocycles. The SMILES string of the molecule is [MgH+].[OH-].[O]=[Er](=[O])=[O]. The molecule has 0 unspecified atom stereocenters. The standard InChI is InChI=1S/Er.Mg.H2O.3O.H/h;;1H2;;;;/q;+1;;;;;/p-1. The molecule has 1 N–H and O–H groups in total. The molecule has 0 aromatic heterocycles. The third-order valence-electron chi connectivity index (χ3n) is 0. The quantitative estimate of drug-likeness (QED) is 0.512. The summed E-state index contributed by atoms with van der Waals surface area (Å²) in [5, 5.41) is 0. The van der Waals surface area contributed by atoms with Gasteiger partial charge < -0.3 is 5.48 Å². The molecular weight excluding hydrogens is 256 g/mol. The molecule has 0 saturated heterocycles. The van der Waals surface area contributed by atoms with Crippen LogP contribution in [0.5, 0.6) is 0 Å². The first kappa shape index (κ1) is 15.7. The zero-order valence-electron chi connectivity index (χ0n) is 2.96. The summed E-state index contributed by atoms with van der Waals surface area (Å²) in [5.41, 5.74) is 0. The van der Waals surface area contributed by atoms with E-state index in [4.69, 9.17) is 4.46 Å². The summed E-state index contributed by atoms with van der Waals surface area (Å²) >= 11 is -3.89. The van der Waals surface area contributed by atoms with Crippen molar-refractivity contribution < 1.29 is 41.7 Å². The third kappa shape index (κ3) is 54.5. The maximum absolute atomic E-state index is 8.56. The fourth-order valence-corrected chi connectivity index (χ4v) is 0.